The van der Waals surface area contributed by atoms with E-state index in [1.165, 1.54) is 41.7 Å². The predicted octanol–water partition coefficient (Wildman–Crippen LogP) is 11.3. The van der Waals surface area contributed by atoms with Gasteiger partial charge in [-0.3, -0.25) is 4.57 Å². The van der Waals surface area contributed by atoms with Crippen molar-refractivity contribution in [2.24, 2.45) is 0 Å². The molecule has 0 atom stereocenters. The van der Waals surface area contributed by atoms with Crippen LogP contribution in [-0.2, 0) is 0 Å². The molecular weight excluding hydrogens is 571 g/mol. The monoisotopic (exact) mass is 591 g/mol. The number of rotatable bonds is 2. The first kappa shape index (κ1) is 23.6. The summed E-state index contributed by atoms with van der Waals surface area (Å²) in [7, 11) is 0. The van der Waals surface area contributed by atoms with Gasteiger partial charge in [-0.15, -0.1) is 11.3 Å². The smallest absolute Gasteiger partial charge is 0.236 e. The first-order valence-electron chi connectivity index (χ1n) is 15.1. The average molecular weight is 592 g/mol. The van der Waals surface area contributed by atoms with Gasteiger partial charge in [0.15, 0.2) is 5.58 Å². The summed E-state index contributed by atoms with van der Waals surface area (Å²) in [5.41, 5.74) is 6.36. The number of furan rings is 1. The van der Waals surface area contributed by atoms with Crippen LogP contribution in [0.4, 0.5) is 0 Å². The Morgan fingerprint density at radius 2 is 1.13 bits per heavy atom. The molecule has 208 valence electrons. The molecule has 45 heavy (non-hydrogen) atoms. The van der Waals surface area contributed by atoms with Crippen LogP contribution in [0, 0.1) is 0 Å². The fourth-order valence-electron chi connectivity index (χ4n) is 7.48. The summed E-state index contributed by atoms with van der Waals surface area (Å²) in [4.78, 5) is 10.7. The van der Waals surface area contributed by atoms with E-state index < -0.39 is 0 Å². The summed E-state index contributed by atoms with van der Waals surface area (Å²) in [6, 6.07) is 45.2. The molecule has 0 aliphatic carbocycles. The average Bonchev–Trinajstić information content (AvgIpc) is 3.59. The van der Waals surface area contributed by atoms with Crippen molar-refractivity contribution in [3.8, 4) is 17.2 Å². The van der Waals surface area contributed by atoms with Crippen LogP contribution in [0.3, 0.4) is 0 Å². The molecule has 5 heteroatoms. The van der Waals surface area contributed by atoms with E-state index in [1.54, 1.807) is 0 Å². The Hall–Kier alpha value is -5.78. The number of fused-ring (bicyclic) bond motifs is 4. The minimum absolute atomic E-state index is 0.638. The van der Waals surface area contributed by atoms with Crippen molar-refractivity contribution in [1.82, 2.24) is 14.5 Å². The molecule has 7 aromatic carbocycles. The maximum Gasteiger partial charge on any atom is 0.236 e. The van der Waals surface area contributed by atoms with Crippen molar-refractivity contribution < 1.29 is 4.42 Å². The van der Waals surface area contributed by atoms with E-state index >= 15 is 0 Å². The molecule has 0 spiro atoms. The zero-order valence-corrected chi connectivity index (χ0v) is 24.6. The zero-order valence-electron chi connectivity index (χ0n) is 23.8. The third-order valence-corrected chi connectivity index (χ3v) is 10.5. The summed E-state index contributed by atoms with van der Waals surface area (Å²) >= 11 is 1.86. The Kier molecular flexibility index (Phi) is 4.43. The van der Waals surface area contributed by atoms with Crippen LogP contribution in [0.1, 0.15) is 0 Å². The zero-order chi connectivity index (χ0) is 29.2. The fraction of sp³-hybridized carbons (Fsp3) is 0. The Morgan fingerprint density at radius 1 is 0.511 bits per heavy atom. The normalized spacial score (nSPS) is 12.4. The van der Waals surface area contributed by atoms with Crippen LogP contribution in [-0.4, -0.2) is 14.5 Å². The summed E-state index contributed by atoms with van der Waals surface area (Å²) in [5.74, 6) is 0.638. The Bertz CT molecular complexity index is 2890. The second-order valence-corrected chi connectivity index (χ2v) is 12.8. The van der Waals surface area contributed by atoms with Crippen LogP contribution in [0.2, 0.25) is 0 Å². The summed E-state index contributed by atoms with van der Waals surface area (Å²) in [6.45, 7) is 0. The van der Waals surface area contributed by atoms with Gasteiger partial charge in [0, 0.05) is 41.9 Å². The van der Waals surface area contributed by atoms with Gasteiger partial charge in [0.2, 0.25) is 5.95 Å². The molecule has 4 aromatic heterocycles. The third kappa shape index (κ3) is 3.05. The van der Waals surface area contributed by atoms with Gasteiger partial charge >= 0.3 is 0 Å². The molecule has 0 saturated carbocycles. The lowest BCUT2D eigenvalue weighted by molar-refractivity contribution is 0.666. The molecule has 0 aliphatic heterocycles. The van der Waals surface area contributed by atoms with Gasteiger partial charge in [0.1, 0.15) is 16.8 Å². The molecule has 0 bridgehead atoms. The number of hydrogen-bond donors (Lipinski definition) is 0. The second-order valence-electron chi connectivity index (χ2n) is 11.7. The number of benzene rings is 7. The molecule has 11 aromatic rings. The summed E-state index contributed by atoms with van der Waals surface area (Å²) in [5, 5.41) is 10.8. The molecule has 0 N–H and O–H groups in total. The van der Waals surface area contributed by atoms with Crippen LogP contribution in [0.25, 0.3) is 103 Å². The molecule has 0 fully saturated rings. The van der Waals surface area contributed by atoms with E-state index in [4.69, 9.17) is 14.4 Å². The molecule has 0 saturated heterocycles. The minimum Gasteiger partial charge on any atom is -0.452 e. The van der Waals surface area contributed by atoms with Crippen molar-refractivity contribution in [3.05, 3.63) is 127 Å². The van der Waals surface area contributed by atoms with Gasteiger partial charge in [-0.05, 0) is 57.9 Å². The highest BCUT2D eigenvalue weighted by molar-refractivity contribution is 7.24. The number of nitrogens with zero attached hydrogens (tertiary/aromatic N) is 3. The highest BCUT2D eigenvalue weighted by Crippen LogP contribution is 2.46. The van der Waals surface area contributed by atoms with Crippen LogP contribution >= 0.6 is 11.3 Å². The van der Waals surface area contributed by atoms with Gasteiger partial charge in [-0.1, -0.05) is 91.0 Å². The molecule has 0 radical (unpaired) electrons. The van der Waals surface area contributed by atoms with Crippen molar-refractivity contribution in [3.63, 3.8) is 0 Å². The van der Waals surface area contributed by atoms with Gasteiger partial charge < -0.3 is 4.42 Å². The van der Waals surface area contributed by atoms with Gasteiger partial charge in [0.05, 0.1) is 11.0 Å². The standard InChI is InChI=1S/C40H21N3OS/c1-2-12-25-22(8-1)9-5-14-26(25)37-39-38(27-13-3-4-15-30(27)44-39)42-40(41-37)43-28-20-18-23-10-6-16-31-33(23)35(28)36-29(43)21-19-24-11-7-17-32(45-31)34(24)36/h1-21H. The molecule has 0 amide bonds. The molecular formula is C40H21N3OS. The van der Waals surface area contributed by atoms with Crippen molar-refractivity contribution in [2.45, 2.75) is 0 Å². The van der Waals surface area contributed by atoms with Crippen LogP contribution in [0.5, 0.6) is 0 Å². The van der Waals surface area contributed by atoms with Gasteiger partial charge in [-0.25, -0.2) is 9.97 Å². The van der Waals surface area contributed by atoms with E-state index in [2.05, 4.69) is 114 Å². The SMILES string of the molecule is c1ccc2c(-c3nc(-n4c5ccc6cccc7sc8cccc9ccc4c(c98)c5c67)nc4c3oc3ccccc34)cccc2c1. The highest BCUT2D eigenvalue weighted by atomic mass is 32.1. The Labute approximate surface area is 259 Å². The second kappa shape index (κ2) is 8.44. The highest BCUT2D eigenvalue weighted by Gasteiger charge is 2.24. The van der Waals surface area contributed by atoms with E-state index in [0.29, 0.717) is 11.5 Å². The molecule has 0 aliphatic rings. The molecule has 11 rings (SSSR count). The third-order valence-electron chi connectivity index (χ3n) is 9.38. The van der Waals surface area contributed by atoms with Crippen molar-refractivity contribution in [1.29, 1.82) is 0 Å². The maximum absolute atomic E-state index is 6.54. The maximum atomic E-state index is 6.54. The number of aromatic nitrogens is 3. The quantitative estimate of drug-likeness (QED) is 0.201. The van der Waals surface area contributed by atoms with Crippen LogP contribution in [0.15, 0.2) is 132 Å². The molecule has 0 unspecified atom stereocenters. The van der Waals surface area contributed by atoms with Crippen molar-refractivity contribution >= 4 is 96.9 Å². The molecule has 4 heterocycles. The first-order chi connectivity index (χ1) is 22.3. The summed E-state index contributed by atoms with van der Waals surface area (Å²) in [6.07, 6.45) is 0. The number of para-hydroxylation sites is 1. The fourth-order valence-corrected chi connectivity index (χ4v) is 8.65. The van der Waals surface area contributed by atoms with Gasteiger partial charge in [0.25, 0.3) is 0 Å². The first-order valence-corrected chi connectivity index (χ1v) is 15.9. The summed E-state index contributed by atoms with van der Waals surface area (Å²) < 4.78 is 11.3. The van der Waals surface area contributed by atoms with Crippen LogP contribution < -0.4 is 0 Å². The van der Waals surface area contributed by atoms with Crippen molar-refractivity contribution in [2.75, 3.05) is 0 Å². The van der Waals surface area contributed by atoms with E-state index in [9.17, 15) is 0 Å². The van der Waals surface area contributed by atoms with Gasteiger partial charge in [-0.2, -0.15) is 0 Å². The molecule has 4 nitrogen and oxygen atoms in total. The van der Waals surface area contributed by atoms with E-state index in [-0.39, 0.29) is 0 Å². The predicted molar refractivity (Wildman–Crippen MR) is 188 cm³/mol. The number of hydrogen-bond acceptors (Lipinski definition) is 4. The van der Waals surface area contributed by atoms with E-state index in [1.807, 2.05) is 29.5 Å². The topological polar surface area (TPSA) is 43.9 Å². The van der Waals surface area contributed by atoms with E-state index in [0.717, 1.165) is 49.5 Å². The lowest BCUT2D eigenvalue weighted by Crippen LogP contribution is -2.03. The largest absolute Gasteiger partial charge is 0.452 e. The Balaban J connectivity index is 1.37. The lowest BCUT2D eigenvalue weighted by atomic mass is 10.00. The minimum atomic E-state index is 0.638. The Morgan fingerprint density at radius 3 is 1.89 bits per heavy atom. The lowest BCUT2D eigenvalue weighted by Gasteiger charge is -2.11.